The number of nitrogens with one attached hydrogen (secondary N) is 1. The van der Waals surface area contributed by atoms with Crippen molar-refractivity contribution in [1.29, 1.82) is 0 Å². The summed E-state index contributed by atoms with van der Waals surface area (Å²) in [6, 6.07) is 9.34. The second-order valence-corrected chi connectivity index (χ2v) is 8.44. The molecule has 2 heterocycles. The van der Waals surface area contributed by atoms with Gasteiger partial charge in [0.05, 0.1) is 32.8 Å². The molecular weight excluding hydrogens is 422 g/mol. The maximum atomic E-state index is 12.6. The molecule has 2 aromatic heterocycles. The number of hydrogen-bond acceptors (Lipinski definition) is 7. The van der Waals surface area contributed by atoms with Gasteiger partial charge in [0.15, 0.2) is 5.13 Å². The number of anilines is 1. The van der Waals surface area contributed by atoms with Gasteiger partial charge < -0.3 is 19.7 Å². The maximum Gasteiger partial charge on any atom is 0.231 e. The molecule has 2 amide bonds. The molecular formula is C21H23N3O4S2. The van der Waals surface area contributed by atoms with Gasteiger partial charge in [-0.2, -0.15) is 0 Å². The number of rotatable bonds is 9. The number of thiophene rings is 1. The van der Waals surface area contributed by atoms with Crippen LogP contribution in [0.1, 0.15) is 16.1 Å². The molecule has 0 unspecified atom stereocenters. The van der Waals surface area contributed by atoms with E-state index in [1.807, 2.05) is 29.6 Å². The number of carbonyl (C=O) groups is 2. The van der Waals surface area contributed by atoms with Crippen LogP contribution in [0.25, 0.3) is 0 Å². The number of nitrogens with zero attached hydrogens (tertiary/aromatic N) is 2. The number of aromatic nitrogens is 1. The van der Waals surface area contributed by atoms with Crippen LogP contribution in [-0.2, 0) is 29.0 Å². The Morgan fingerprint density at radius 2 is 1.97 bits per heavy atom. The molecule has 0 saturated heterocycles. The third-order valence-electron chi connectivity index (χ3n) is 4.37. The van der Waals surface area contributed by atoms with Crippen LogP contribution in [0.4, 0.5) is 5.13 Å². The van der Waals surface area contributed by atoms with Crippen molar-refractivity contribution in [3.05, 3.63) is 57.2 Å². The molecule has 0 bridgehead atoms. The van der Waals surface area contributed by atoms with Crippen LogP contribution in [-0.4, -0.2) is 43.0 Å². The molecule has 3 rings (SSSR count). The number of benzene rings is 1. The minimum absolute atomic E-state index is 0.0744. The van der Waals surface area contributed by atoms with Crippen LogP contribution in [0.5, 0.6) is 11.5 Å². The summed E-state index contributed by atoms with van der Waals surface area (Å²) < 4.78 is 10.6. The summed E-state index contributed by atoms with van der Waals surface area (Å²) in [4.78, 5) is 31.7. The highest BCUT2D eigenvalue weighted by Crippen LogP contribution is 2.26. The molecule has 7 nitrogen and oxygen atoms in total. The molecule has 1 aromatic carbocycles. The quantitative estimate of drug-likeness (QED) is 0.544. The minimum atomic E-state index is -0.117. The van der Waals surface area contributed by atoms with Gasteiger partial charge in [0.1, 0.15) is 11.5 Å². The number of ether oxygens (including phenoxy) is 2. The van der Waals surface area contributed by atoms with E-state index in [4.69, 9.17) is 9.47 Å². The molecule has 30 heavy (non-hydrogen) atoms. The van der Waals surface area contributed by atoms with Crippen molar-refractivity contribution < 1.29 is 19.1 Å². The van der Waals surface area contributed by atoms with E-state index in [9.17, 15) is 9.59 Å². The lowest BCUT2D eigenvalue weighted by molar-refractivity contribution is -0.129. The Hall–Kier alpha value is -2.91. The largest absolute Gasteiger partial charge is 0.497 e. The van der Waals surface area contributed by atoms with Crippen LogP contribution < -0.4 is 14.8 Å². The lowest BCUT2D eigenvalue weighted by Crippen LogP contribution is -2.28. The van der Waals surface area contributed by atoms with Crippen molar-refractivity contribution in [1.82, 2.24) is 9.88 Å². The SMILES string of the molecule is COc1ccc(CN(C)C(=O)Cc2csc(NC(=O)Cc3cccs3)n2)c(OC)c1. The van der Waals surface area contributed by atoms with Gasteiger partial charge in [-0.3, -0.25) is 9.59 Å². The van der Waals surface area contributed by atoms with E-state index in [-0.39, 0.29) is 18.2 Å². The summed E-state index contributed by atoms with van der Waals surface area (Å²) in [5.74, 6) is 1.17. The molecule has 158 valence electrons. The van der Waals surface area contributed by atoms with Gasteiger partial charge in [-0.15, -0.1) is 22.7 Å². The Bertz CT molecular complexity index is 1000. The second-order valence-electron chi connectivity index (χ2n) is 6.55. The summed E-state index contributed by atoms with van der Waals surface area (Å²) in [6.45, 7) is 0.403. The minimum Gasteiger partial charge on any atom is -0.497 e. The Kier molecular flexibility index (Phi) is 7.42. The van der Waals surface area contributed by atoms with Crippen molar-refractivity contribution in [2.75, 3.05) is 26.6 Å². The fourth-order valence-electron chi connectivity index (χ4n) is 2.80. The van der Waals surface area contributed by atoms with Gasteiger partial charge in [0.25, 0.3) is 0 Å². The maximum absolute atomic E-state index is 12.6. The molecule has 0 aliphatic heterocycles. The standard InChI is InChI=1S/C21H23N3O4S2/c1-24(12-14-6-7-16(27-2)10-18(14)28-3)20(26)9-15-13-30-21(22-15)23-19(25)11-17-5-4-8-29-17/h4-8,10,13H,9,11-12H2,1-3H3,(H,22,23,25). The monoisotopic (exact) mass is 445 g/mol. The van der Waals surface area contributed by atoms with E-state index < -0.39 is 0 Å². The van der Waals surface area contributed by atoms with Crippen molar-refractivity contribution >= 4 is 39.6 Å². The molecule has 0 spiro atoms. The Morgan fingerprint density at radius 1 is 1.13 bits per heavy atom. The predicted octanol–water partition coefficient (Wildman–Crippen LogP) is 3.60. The second kappa shape index (κ2) is 10.2. The first-order valence-corrected chi connectivity index (χ1v) is 11.0. The zero-order chi connectivity index (χ0) is 21.5. The van der Waals surface area contributed by atoms with Crippen LogP contribution in [0.2, 0.25) is 0 Å². The number of carbonyl (C=O) groups excluding carboxylic acids is 2. The molecule has 3 aromatic rings. The van der Waals surface area contributed by atoms with E-state index in [1.165, 1.54) is 22.7 Å². The first-order chi connectivity index (χ1) is 14.5. The summed E-state index contributed by atoms with van der Waals surface area (Å²) in [6.07, 6.45) is 0.476. The van der Waals surface area contributed by atoms with Crippen molar-refractivity contribution in [2.24, 2.45) is 0 Å². The highest BCUT2D eigenvalue weighted by molar-refractivity contribution is 7.14. The van der Waals surface area contributed by atoms with E-state index in [0.29, 0.717) is 35.3 Å². The highest BCUT2D eigenvalue weighted by Gasteiger charge is 2.16. The van der Waals surface area contributed by atoms with Gasteiger partial charge in [0, 0.05) is 35.5 Å². The Balaban J connectivity index is 1.55. The third-order valence-corrected chi connectivity index (χ3v) is 6.06. The van der Waals surface area contributed by atoms with Crippen molar-refractivity contribution in [3.63, 3.8) is 0 Å². The highest BCUT2D eigenvalue weighted by atomic mass is 32.1. The zero-order valence-corrected chi connectivity index (χ0v) is 18.6. The zero-order valence-electron chi connectivity index (χ0n) is 17.0. The fraction of sp³-hybridized carbons (Fsp3) is 0.286. The molecule has 0 fully saturated rings. The van der Waals surface area contributed by atoms with Crippen LogP contribution in [0.15, 0.2) is 41.1 Å². The van der Waals surface area contributed by atoms with Crippen LogP contribution in [0, 0.1) is 0 Å². The van der Waals surface area contributed by atoms with E-state index in [1.54, 1.807) is 37.6 Å². The average Bonchev–Trinajstić information content (AvgIpc) is 3.40. The van der Waals surface area contributed by atoms with Gasteiger partial charge in [-0.1, -0.05) is 6.07 Å². The molecule has 0 atom stereocenters. The number of methoxy groups -OCH3 is 2. The topological polar surface area (TPSA) is 80.8 Å². The average molecular weight is 446 g/mol. The number of amides is 2. The smallest absolute Gasteiger partial charge is 0.231 e. The molecule has 0 radical (unpaired) electrons. The van der Waals surface area contributed by atoms with E-state index in [0.717, 1.165) is 10.4 Å². The number of thiazole rings is 1. The number of hydrogen-bond donors (Lipinski definition) is 1. The summed E-state index contributed by atoms with van der Waals surface area (Å²) in [7, 11) is 4.92. The molecule has 0 aliphatic carbocycles. The predicted molar refractivity (Wildman–Crippen MR) is 118 cm³/mol. The van der Waals surface area contributed by atoms with Crippen LogP contribution >= 0.6 is 22.7 Å². The lowest BCUT2D eigenvalue weighted by atomic mass is 10.1. The van der Waals surface area contributed by atoms with Gasteiger partial charge in [-0.25, -0.2) is 4.98 Å². The van der Waals surface area contributed by atoms with Gasteiger partial charge in [0.2, 0.25) is 11.8 Å². The summed E-state index contributed by atoms with van der Waals surface area (Å²) in [5.41, 5.74) is 1.51. The first-order valence-electron chi connectivity index (χ1n) is 9.20. The summed E-state index contributed by atoms with van der Waals surface area (Å²) >= 11 is 2.85. The summed E-state index contributed by atoms with van der Waals surface area (Å²) in [5, 5.41) is 7.02. The van der Waals surface area contributed by atoms with Gasteiger partial charge in [-0.05, 0) is 23.6 Å². The third kappa shape index (κ3) is 5.80. The van der Waals surface area contributed by atoms with E-state index >= 15 is 0 Å². The normalized spacial score (nSPS) is 10.5. The van der Waals surface area contributed by atoms with Crippen molar-refractivity contribution in [2.45, 2.75) is 19.4 Å². The lowest BCUT2D eigenvalue weighted by Gasteiger charge is -2.19. The molecule has 0 aliphatic rings. The fourth-order valence-corrected chi connectivity index (χ4v) is 4.23. The number of likely N-dealkylation sites (N-methyl/N-ethyl adjacent to an activating group) is 1. The van der Waals surface area contributed by atoms with Gasteiger partial charge >= 0.3 is 0 Å². The van der Waals surface area contributed by atoms with Crippen molar-refractivity contribution in [3.8, 4) is 11.5 Å². The van der Waals surface area contributed by atoms with Crippen LogP contribution in [0.3, 0.4) is 0 Å². The molecule has 9 heteroatoms. The molecule has 1 N–H and O–H groups in total. The molecule has 0 saturated carbocycles. The van der Waals surface area contributed by atoms with E-state index in [2.05, 4.69) is 10.3 Å². The first kappa shape index (κ1) is 21.8. The Morgan fingerprint density at radius 3 is 2.67 bits per heavy atom. The Labute approximate surface area is 183 Å².